The summed E-state index contributed by atoms with van der Waals surface area (Å²) in [6.45, 7) is 8.25. The van der Waals surface area contributed by atoms with E-state index in [0.29, 0.717) is 11.6 Å². The average Bonchev–Trinajstić information content (AvgIpc) is 2.75. The Balaban J connectivity index is 2.72. The normalized spacial score (nSPS) is 13.4. The zero-order valence-electron chi connectivity index (χ0n) is 11.5. The van der Waals surface area contributed by atoms with E-state index in [-0.39, 0.29) is 17.4 Å². The molecule has 0 fully saturated rings. The van der Waals surface area contributed by atoms with Crippen LogP contribution < -0.4 is 5.32 Å². The Labute approximate surface area is 114 Å². The first-order valence-corrected chi connectivity index (χ1v) is 6.87. The van der Waals surface area contributed by atoms with E-state index in [1.807, 2.05) is 13.0 Å². The lowest BCUT2D eigenvalue weighted by molar-refractivity contribution is 0.0870. The number of rotatable bonds is 5. The van der Waals surface area contributed by atoms with Crippen molar-refractivity contribution in [1.82, 2.24) is 5.32 Å². The second-order valence-corrected chi connectivity index (χ2v) is 5.87. The minimum absolute atomic E-state index is 0.0231. The molecular weight excluding hydrogens is 250 g/mol. The van der Waals surface area contributed by atoms with Gasteiger partial charge >= 0.3 is 0 Å². The molecule has 1 unspecified atom stereocenters. The van der Waals surface area contributed by atoms with Crippen LogP contribution in [0.1, 0.15) is 50.4 Å². The number of amides is 1. The summed E-state index contributed by atoms with van der Waals surface area (Å²) in [5, 5.41) is 2.99. The highest BCUT2D eigenvalue weighted by atomic mass is 35.5. The van der Waals surface area contributed by atoms with E-state index in [1.54, 1.807) is 6.07 Å². The third-order valence-corrected chi connectivity index (χ3v) is 3.20. The van der Waals surface area contributed by atoms with Gasteiger partial charge in [-0.1, -0.05) is 27.7 Å². The van der Waals surface area contributed by atoms with Crippen LogP contribution in [-0.4, -0.2) is 17.8 Å². The minimum atomic E-state index is -0.167. The Morgan fingerprint density at radius 3 is 2.56 bits per heavy atom. The van der Waals surface area contributed by atoms with E-state index in [1.165, 1.54) is 0 Å². The largest absolute Gasteiger partial charge is 0.456 e. The van der Waals surface area contributed by atoms with Gasteiger partial charge in [-0.3, -0.25) is 4.79 Å². The molecule has 0 aliphatic carbocycles. The van der Waals surface area contributed by atoms with Gasteiger partial charge in [-0.15, -0.1) is 11.6 Å². The van der Waals surface area contributed by atoms with Gasteiger partial charge in [0.15, 0.2) is 5.76 Å². The number of nitrogens with one attached hydrogen (secondary N) is 1. The van der Waals surface area contributed by atoms with Gasteiger partial charge in [0.05, 0.1) is 0 Å². The maximum atomic E-state index is 12.1. The molecule has 1 N–H and O–H groups in total. The first-order chi connectivity index (χ1) is 8.38. The zero-order chi connectivity index (χ0) is 13.8. The highest BCUT2D eigenvalue weighted by Crippen LogP contribution is 2.23. The fourth-order valence-electron chi connectivity index (χ4n) is 1.75. The van der Waals surface area contributed by atoms with E-state index >= 15 is 0 Å². The molecule has 1 aromatic heterocycles. The first-order valence-electron chi connectivity index (χ1n) is 6.34. The maximum absolute atomic E-state index is 12.1. The van der Waals surface area contributed by atoms with Crippen LogP contribution >= 0.6 is 11.6 Å². The van der Waals surface area contributed by atoms with Crippen molar-refractivity contribution in [2.24, 2.45) is 5.41 Å². The maximum Gasteiger partial charge on any atom is 0.287 e. The summed E-state index contributed by atoms with van der Waals surface area (Å²) in [4.78, 5) is 12.1. The van der Waals surface area contributed by atoms with Crippen molar-refractivity contribution >= 4 is 17.5 Å². The summed E-state index contributed by atoms with van der Waals surface area (Å²) in [5.74, 6) is 1.56. The summed E-state index contributed by atoms with van der Waals surface area (Å²) in [6, 6.07) is 3.59. The molecule has 0 aliphatic heterocycles. The number of halogens is 1. The quantitative estimate of drug-likeness (QED) is 0.831. The lowest BCUT2D eigenvalue weighted by atomic mass is 9.85. The van der Waals surface area contributed by atoms with Crippen molar-refractivity contribution in [2.75, 3.05) is 5.88 Å². The van der Waals surface area contributed by atoms with Gasteiger partial charge in [0.2, 0.25) is 0 Å². The molecule has 0 radical (unpaired) electrons. The van der Waals surface area contributed by atoms with E-state index in [9.17, 15) is 4.79 Å². The molecule has 1 heterocycles. The van der Waals surface area contributed by atoms with E-state index in [2.05, 4.69) is 26.1 Å². The molecule has 1 amide bonds. The number of aryl methyl sites for hydroxylation is 1. The third kappa shape index (κ3) is 4.05. The molecule has 18 heavy (non-hydrogen) atoms. The summed E-state index contributed by atoms with van der Waals surface area (Å²) < 4.78 is 5.44. The van der Waals surface area contributed by atoms with Crippen LogP contribution in [0.5, 0.6) is 0 Å². The van der Waals surface area contributed by atoms with Gasteiger partial charge in [-0.25, -0.2) is 0 Å². The molecule has 0 saturated carbocycles. The molecule has 3 nitrogen and oxygen atoms in total. The Morgan fingerprint density at radius 1 is 1.44 bits per heavy atom. The van der Waals surface area contributed by atoms with Gasteiger partial charge in [0, 0.05) is 18.3 Å². The van der Waals surface area contributed by atoms with Crippen LogP contribution in [0.25, 0.3) is 0 Å². The summed E-state index contributed by atoms with van der Waals surface area (Å²) in [5.41, 5.74) is -0.0231. The number of carbonyl (C=O) groups excluding carboxylic acids is 1. The standard InChI is InChI=1S/C14H22ClNO2/c1-5-10-6-7-11(18-10)13(17)16-12(8-9-15)14(2,3)4/h6-7,12H,5,8-9H2,1-4H3,(H,16,17). The fourth-order valence-corrected chi connectivity index (χ4v) is 1.97. The van der Waals surface area contributed by atoms with Crippen LogP contribution in [0.15, 0.2) is 16.5 Å². The molecule has 1 rings (SSSR count). The van der Waals surface area contributed by atoms with Gasteiger partial charge in [-0.2, -0.15) is 0 Å². The highest BCUT2D eigenvalue weighted by Gasteiger charge is 2.26. The molecular formula is C14H22ClNO2. The van der Waals surface area contributed by atoms with E-state index in [0.717, 1.165) is 18.6 Å². The molecule has 0 bridgehead atoms. The Hall–Kier alpha value is -0.960. The summed E-state index contributed by atoms with van der Waals surface area (Å²) in [7, 11) is 0. The lowest BCUT2D eigenvalue weighted by Gasteiger charge is -2.30. The SMILES string of the molecule is CCc1ccc(C(=O)NC(CCCl)C(C)(C)C)o1. The minimum Gasteiger partial charge on any atom is -0.456 e. The molecule has 102 valence electrons. The fraction of sp³-hybridized carbons (Fsp3) is 0.643. The van der Waals surface area contributed by atoms with E-state index in [4.69, 9.17) is 16.0 Å². The lowest BCUT2D eigenvalue weighted by Crippen LogP contribution is -2.43. The van der Waals surface area contributed by atoms with Crippen molar-refractivity contribution in [3.63, 3.8) is 0 Å². The van der Waals surface area contributed by atoms with Crippen LogP contribution in [0.3, 0.4) is 0 Å². The predicted octanol–water partition coefficient (Wildman–Crippen LogP) is 3.62. The molecule has 4 heteroatoms. The molecule has 0 aromatic carbocycles. The van der Waals surface area contributed by atoms with Gasteiger partial charge in [-0.05, 0) is 24.0 Å². The summed E-state index contributed by atoms with van der Waals surface area (Å²) >= 11 is 5.78. The third-order valence-electron chi connectivity index (χ3n) is 2.98. The predicted molar refractivity (Wildman–Crippen MR) is 74.1 cm³/mol. The Bertz CT molecular complexity index is 393. The van der Waals surface area contributed by atoms with Crippen molar-refractivity contribution in [3.05, 3.63) is 23.7 Å². The van der Waals surface area contributed by atoms with E-state index < -0.39 is 0 Å². The molecule has 0 aliphatic rings. The Kier molecular flexibility index (Phi) is 5.27. The highest BCUT2D eigenvalue weighted by molar-refractivity contribution is 6.17. The van der Waals surface area contributed by atoms with Crippen molar-refractivity contribution in [3.8, 4) is 0 Å². The van der Waals surface area contributed by atoms with Crippen molar-refractivity contribution in [1.29, 1.82) is 0 Å². The monoisotopic (exact) mass is 271 g/mol. The number of carbonyl (C=O) groups is 1. The number of alkyl halides is 1. The van der Waals surface area contributed by atoms with Crippen LogP contribution in [0.4, 0.5) is 0 Å². The zero-order valence-corrected chi connectivity index (χ0v) is 12.3. The molecule has 0 spiro atoms. The average molecular weight is 272 g/mol. The Morgan fingerprint density at radius 2 is 2.11 bits per heavy atom. The molecule has 1 aromatic rings. The number of hydrogen-bond donors (Lipinski definition) is 1. The van der Waals surface area contributed by atoms with Crippen molar-refractivity contribution in [2.45, 2.75) is 46.6 Å². The smallest absolute Gasteiger partial charge is 0.287 e. The van der Waals surface area contributed by atoms with Gasteiger partial charge in [0.25, 0.3) is 5.91 Å². The molecule has 0 saturated heterocycles. The second kappa shape index (κ2) is 6.28. The van der Waals surface area contributed by atoms with Crippen molar-refractivity contribution < 1.29 is 9.21 Å². The number of hydrogen-bond acceptors (Lipinski definition) is 2. The van der Waals surface area contributed by atoms with Crippen LogP contribution in [0, 0.1) is 5.41 Å². The molecule has 1 atom stereocenters. The van der Waals surface area contributed by atoms with Crippen LogP contribution in [-0.2, 0) is 6.42 Å². The topological polar surface area (TPSA) is 42.2 Å². The number of furan rings is 1. The summed E-state index contributed by atoms with van der Waals surface area (Å²) in [6.07, 6.45) is 1.54. The van der Waals surface area contributed by atoms with Gasteiger partial charge < -0.3 is 9.73 Å². The second-order valence-electron chi connectivity index (χ2n) is 5.49. The van der Waals surface area contributed by atoms with Gasteiger partial charge in [0.1, 0.15) is 5.76 Å². The first kappa shape index (κ1) is 15.1. The van der Waals surface area contributed by atoms with Crippen LogP contribution in [0.2, 0.25) is 0 Å².